The van der Waals surface area contributed by atoms with Crippen LogP contribution in [0.4, 0.5) is 10.1 Å². The number of amides is 1. The molecule has 0 aliphatic rings. The molecule has 2 aromatic carbocycles. The van der Waals surface area contributed by atoms with Crippen LogP contribution in [0.5, 0.6) is 11.5 Å². The third-order valence-corrected chi connectivity index (χ3v) is 6.53. The van der Waals surface area contributed by atoms with Crippen LogP contribution in [-0.4, -0.2) is 44.9 Å². The molecule has 0 bridgehead atoms. The summed E-state index contributed by atoms with van der Waals surface area (Å²) in [5.41, 5.74) is 0.366. The van der Waals surface area contributed by atoms with E-state index in [1.54, 1.807) is 45.0 Å². The number of hydrogen-bond acceptors (Lipinski definition) is 5. The molecule has 1 amide bonds. The van der Waals surface area contributed by atoms with E-state index in [0.717, 1.165) is 0 Å². The predicted molar refractivity (Wildman–Crippen MR) is 117 cm³/mol. The fraction of sp³-hybridized carbons (Fsp3) is 0.409. The number of carbonyl (C=O) groups is 1. The van der Waals surface area contributed by atoms with Crippen molar-refractivity contribution in [2.24, 2.45) is 0 Å². The first-order valence-electron chi connectivity index (χ1n) is 10.3. The molecule has 7 nitrogen and oxygen atoms in total. The van der Waals surface area contributed by atoms with E-state index in [4.69, 9.17) is 9.47 Å². The van der Waals surface area contributed by atoms with Crippen LogP contribution < -0.4 is 14.8 Å². The first kappa shape index (κ1) is 24.6. The summed E-state index contributed by atoms with van der Waals surface area (Å²) < 4.78 is 51.4. The van der Waals surface area contributed by atoms with Crippen molar-refractivity contribution in [1.29, 1.82) is 0 Å². The number of hydrogen-bond donors (Lipinski definition) is 1. The molecular weight excluding hydrogens is 423 g/mol. The molecule has 9 heteroatoms. The van der Waals surface area contributed by atoms with Crippen LogP contribution in [0, 0.1) is 5.82 Å². The Morgan fingerprint density at radius 2 is 1.81 bits per heavy atom. The zero-order valence-electron chi connectivity index (χ0n) is 18.1. The molecule has 0 saturated heterocycles. The molecule has 170 valence electrons. The molecule has 31 heavy (non-hydrogen) atoms. The summed E-state index contributed by atoms with van der Waals surface area (Å²) in [6.45, 7) is 6.52. The smallest absolute Gasteiger partial charge is 0.246 e. The Kier molecular flexibility index (Phi) is 9.26. The van der Waals surface area contributed by atoms with Crippen LogP contribution >= 0.6 is 0 Å². The van der Waals surface area contributed by atoms with Gasteiger partial charge in [0.05, 0.1) is 13.2 Å². The Morgan fingerprint density at radius 3 is 2.45 bits per heavy atom. The van der Waals surface area contributed by atoms with E-state index in [9.17, 15) is 17.6 Å². The lowest BCUT2D eigenvalue weighted by Crippen LogP contribution is -2.31. The third kappa shape index (κ3) is 6.93. The second-order valence-corrected chi connectivity index (χ2v) is 8.55. The molecular formula is C22H29FN2O5S. The Bertz CT molecular complexity index is 978. The topological polar surface area (TPSA) is 84.9 Å². The summed E-state index contributed by atoms with van der Waals surface area (Å²) in [5, 5.41) is 2.71. The van der Waals surface area contributed by atoms with Crippen LogP contribution in [0.3, 0.4) is 0 Å². The third-order valence-electron chi connectivity index (χ3n) is 4.46. The molecule has 2 aromatic rings. The molecule has 0 atom stereocenters. The number of benzene rings is 2. The van der Waals surface area contributed by atoms with E-state index in [1.165, 1.54) is 22.5 Å². The Hall–Kier alpha value is -2.65. The van der Waals surface area contributed by atoms with Crippen molar-refractivity contribution in [3.05, 3.63) is 48.3 Å². The number of carbonyl (C=O) groups excluding carboxylic acids is 1. The molecule has 1 N–H and O–H groups in total. The molecule has 2 rings (SSSR count). The van der Waals surface area contributed by atoms with Crippen molar-refractivity contribution in [3.63, 3.8) is 0 Å². The number of anilines is 1. The van der Waals surface area contributed by atoms with Gasteiger partial charge in [0.2, 0.25) is 15.9 Å². The van der Waals surface area contributed by atoms with Crippen molar-refractivity contribution in [2.45, 2.75) is 38.5 Å². The maximum Gasteiger partial charge on any atom is 0.246 e. The lowest BCUT2D eigenvalue weighted by atomic mass is 10.2. The van der Waals surface area contributed by atoms with Gasteiger partial charge in [0, 0.05) is 31.3 Å². The molecule has 0 aliphatic heterocycles. The second-order valence-electron chi connectivity index (χ2n) is 6.64. The molecule has 0 heterocycles. The van der Waals surface area contributed by atoms with Gasteiger partial charge in [-0.25, -0.2) is 12.8 Å². The maximum absolute atomic E-state index is 13.1. The molecule has 0 aromatic heterocycles. The molecule has 0 fully saturated rings. The van der Waals surface area contributed by atoms with E-state index < -0.39 is 10.0 Å². The zero-order valence-corrected chi connectivity index (χ0v) is 18.9. The quantitative estimate of drug-likeness (QED) is 0.491. The van der Waals surface area contributed by atoms with Crippen molar-refractivity contribution in [3.8, 4) is 11.5 Å². The van der Waals surface area contributed by atoms with Crippen molar-refractivity contribution >= 4 is 21.6 Å². The average Bonchev–Trinajstić information content (AvgIpc) is 2.73. The van der Waals surface area contributed by atoms with Crippen LogP contribution in [0.15, 0.2) is 47.4 Å². The van der Waals surface area contributed by atoms with Gasteiger partial charge in [-0.1, -0.05) is 19.9 Å². The highest BCUT2D eigenvalue weighted by atomic mass is 32.2. The van der Waals surface area contributed by atoms with E-state index >= 15 is 0 Å². The minimum Gasteiger partial charge on any atom is -0.493 e. The van der Waals surface area contributed by atoms with Gasteiger partial charge in [-0.3, -0.25) is 4.79 Å². The van der Waals surface area contributed by atoms with E-state index in [-0.39, 0.29) is 35.4 Å². The minimum absolute atomic E-state index is 0.0188. The number of sulfonamides is 1. The van der Waals surface area contributed by atoms with Crippen LogP contribution in [0.25, 0.3) is 0 Å². The summed E-state index contributed by atoms with van der Waals surface area (Å²) in [5.74, 6) is -0.0199. The Morgan fingerprint density at radius 1 is 1.06 bits per heavy atom. The fourth-order valence-corrected chi connectivity index (χ4v) is 4.58. The lowest BCUT2D eigenvalue weighted by Gasteiger charge is -2.21. The summed E-state index contributed by atoms with van der Waals surface area (Å²) in [6, 6.07) is 10.4. The lowest BCUT2D eigenvalue weighted by molar-refractivity contribution is -0.116. The monoisotopic (exact) mass is 452 g/mol. The first-order chi connectivity index (χ1) is 14.8. The van der Waals surface area contributed by atoms with Crippen molar-refractivity contribution in [1.82, 2.24) is 4.31 Å². The SMILES string of the molecule is CCOc1ccc(NC(=O)CCCOc2cccc(F)c2)cc1S(=O)(=O)N(CC)CC. The van der Waals surface area contributed by atoms with Gasteiger partial charge in [0.1, 0.15) is 22.2 Å². The highest BCUT2D eigenvalue weighted by molar-refractivity contribution is 7.89. The van der Waals surface area contributed by atoms with E-state index in [1.807, 2.05) is 0 Å². The van der Waals surface area contributed by atoms with Gasteiger partial charge in [-0.2, -0.15) is 4.31 Å². The maximum atomic E-state index is 13.1. The van der Waals surface area contributed by atoms with Gasteiger partial charge in [-0.05, 0) is 43.7 Å². The predicted octanol–water partition coefficient (Wildman–Crippen LogP) is 4.05. The summed E-state index contributed by atoms with van der Waals surface area (Å²) in [6.07, 6.45) is 0.588. The van der Waals surface area contributed by atoms with Gasteiger partial charge in [-0.15, -0.1) is 0 Å². The highest BCUT2D eigenvalue weighted by Gasteiger charge is 2.26. The number of halogens is 1. The largest absolute Gasteiger partial charge is 0.493 e. The Labute approximate surface area is 183 Å². The van der Waals surface area contributed by atoms with E-state index in [2.05, 4.69) is 5.32 Å². The van der Waals surface area contributed by atoms with Gasteiger partial charge >= 0.3 is 0 Å². The minimum atomic E-state index is -3.76. The van der Waals surface area contributed by atoms with Gasteiger partial charge in [0.25, 0.3) is 0 Å². The van der Waals surface area contributed by atoms with Gasteiger partial charge in [0.15, 0.2) is 0 Å². The number of ether oxygens (including phenoxy) is 2. The number of nitrogens with one attached hydrogen (secondary N) is 1. The first-order valence-corrected chi connectivity index (χ1v) is 11.7. The molecule has 0 saturated carbocycles. The van der Waals surface area contributed by atoms with Crippen molar-refractivity contribution < 1.29 is 27.1 Å². The molecule has 0 unspecified atom stereocenters. The summed E-state index contributed by atoms with van der Waals surface area (Å²) in [4.78, 5) is 12.3. The standard InChI is InChI=1S/C22H29FN2O5S/c1-4-25(5-2)31(27,28)21-16-18(12-13-20(21)29-6-3)24-22(26)11-8-14-30-19-10-7-9-17(23)15-19/h7,9-10,12-13,15-16H,4-6,8,11,14H2,1-3H3,(H,24,26). The summed E-state index contributed by atoms with van der Waals surface area (Å²) in [7, 11) is -3.76. The van der Waals surface area contributed by atoms with Crippen LogP contribution in [-0.2, 0) is 14.8 Å². The zero-order chi connectivity index (χ0) is 22.9. The van der Waals surface area contributed by atoms with Crippen LogP contribution in [0.1, 0.15) is 33.6 Å². The number of rotatable bonds is 12. The fourth-order valence-electron chi connectivity index (χ4n) is 2.97. The van der Waals surface area contributed by atoms with Crippen LogP contribution in [0.2, 0.25) is 0 Å². The van der Waals surface area contributed by atoms with E-state index in [0.29, 0.717) is 37.6 Å². The second kappa shape index (κ2) is 11.7. The number of nitrogens with zero attached hydrogens (tertiary/aromatic N) is 1. The Balaban J connectivity index is 2.03. The van der Waals surface area contributed by atoms with Gasteiger partial charge < -0.3 is 14.8 Å². The van der Waals surface area contributed by atoms with Crippen molar-refractivity contribution in [2.75, 3.05) is 31.6 Å². The summed E-state index contributed by atoms with van der Waals surface area (Å²) >= 11 is 0. The molecule has 0 aliphatic carbocycles. The average molecular weight is 453 g/mol. The molecule has 0 radical (unpaired) electrons. The normalized spacial score (nSPS) is 11.4. The highest BCUT2D eigenvalue weighted by Crippen LogP contribution is 2.30. The molecule has 0 spiro atoms.